The molecule has 1 aromatic heterocycles. The normalized spacial score (nSPS) is 10.6. The fourth-order valence-corrected chi connectivity index (χ4v) is 2.10. The van der Waals surface area contributed by atoms with Gasteiger partial charge in [0.1, 0.15) is 0 Å². The van der Waals surface area contributed by atoms with Crippen LogP contribution in [0.25, 0.3) is 0 Å². The fourth-order valence-electron chi connectivity index (χ4n) is 2.10. The maximum Gasteiger partial charge on any atom is 0.271 e. The topological polar surface area (TPSA) is 126 Å². The summed E-state index contributed by atoms with van der Waals surface area (Å²) in [7, 11) is 0. The number of benzene rings is 1. The van der Waals surface area contributed by atoms with Crippen molar-refractivity contribution in [3.05, 3.63) is 40.0 Å². The first-order valence-corrected chi connectivity index (χ1v) is 7.82. The third kappa shape index (κ3) is 4.92. The Balaban J connectivity index is 2.07. The fraction of sp³-hybridized carbons (Fsp3) is 0.467. The molecule has 0 aliphatic rings. The van der Waals surface area contributed by atoms with E-state index in [9.17, 15) is 10.1 Å². The van der Waals surface area contributed by atoms with E-state index < -0.39 is 4.92 Å². The van der Waals surface area contributed by atoms with Crippen molar-refractivity contribution in [2.75, 3.05) is 23.8 Å². The molecule has 1 aromatic carbocycles. The molecule has 24 heavy (non-hydrogen) atoms. The second kappa shape index (κ2) is 8.82. The number of aliphatic hydroxyl groups is 1. The summed E-state index contributed by atoms with van der Waals surface area (Å²) in [5.74, 6) is 1.08. The lowest BCUT2D eigenvalue weighted by Crippen LogP contribution is -2.09. The van der Waals surface area contributed by atoms with E-state index in [4.69, 9.17) is 9.63 Å². The van der Waals surface area contributed by atoms with Crippen LogP contribution < -0.4 is 10.6 Å². The number of non-ortho nitro benzene ring substituents is 1. The van der Waals surface area contributed by atoms with Gasteiger partial charge >= 0.3 is 0 Å². The zero-order valence-electron chi connectivity index (χ0n) is 13.5. The molecule has 2 aromatic rings. The molecule has 0 saturated heterocycles. The van der Waals surface area contributed by atoms with Crippen LogP contribution in [0, 0.1) is 10.1 Å². The molecule has 0 aliphatic carbocycles. The Hall–Kier alpha value is -2.68. The van der Waals surface area contributed by atoms with E-state index in [-0.39, 0.29) is 18.8 Å². The van der Waals surface area contributed by atoms with Gasteiger partial charge in [-0.1, -0.05) is 18.5 Å². The molecule has 0 radical (unpaired) electrons. The number of aromatic nitrogens is 2. The molecular weight excluding hydrogens is 314 g/mol. The summed E-state index contributed by atoms with van der Waals surface area (Å²) in [6.45, 7) is 2.67. The first-order chi connectivity index (χ1) is 11.6. The lowest BCUT2D eigenvalue weighted by atomic mass is 10.2. The number of nitrogens with one attached hydrogen (secondary N) is 2. The number of unbranched alkanes of at least 4 members (excludes halogenated alkanes) is 1. The Morgan fingerprint density at radius 1 is 1.33 bits per heavy atom. The average molecular weight is 335 g/mol. The average Bonchev–Trinajstić information content (AvgIpc) is 3.04. The summed E-state index contributed by atoms with van der Waals surface area (Å²) in [6.07, 6.45) is 2.77. The lowest BCUT2D eigenvalue weighted by molar-refractivity contribution is -0.384. The molecule has 0 spiro atoms. The summed E-state index contributed by atoms with van der Waals surface area (Å²) < 4.78 is 5.15. The van der Waals surface area contributed by atoms with Crippen molar-refractivity contribution in [3.8, 4) is 0 Å². The highest BCUT2D eigenvalue weighted by Crippen LogP contribution is 2.27. The van der Waals surface area contributed by atoms with E-state index in [2.05, 4.69) is 27.7 Å². The summed E-state index contributed by atoms with van der Waals surface area (Å²) in [5.41, 5.74) is 1.17. The standard InChI is InChI=1S/C15H21N5O4/c1-2-3-4-15-18-14(19-24-15)10-17-13-9-11(20(22)23)5-6-12(13)16-7-8-21/h5-6,9,16-17,21H,2-4,7-8,10H2,1H3. The van der Waals surface area contributed by atoms with E-state index >= 15 is 0 Å². The van der Waals surface area contributed by atoms with E-state index in [0.717, 1.165) is 19.3 Å². The second-order valence-corrected chi connectivity index (χ2v) is 5.20. The molecule has 130 valence electrons. The van der Waals surface area contributed by atoms with Crippen LogP contribution in [0.5, 0.6) is 0 Å². The molecule has 9 heteroatoms. The Morgan fingerprint density at radius 3 is 2.88 bits per heavy atom. The Kier molecular flexibility index (Phi) is 6.50. The molecule has 0 amide bonds. The molecule has 3 N–H and O–H groups in total. The van der Waals surface area contributed by atoms with Crippen LogP contribution in [-0.4, -0.2) is 33.3 Å². The molecule has 9 nitrogen and oxygen atoms in total. The summed E-state index contributed by atoms with van der Waals surface area (Å²) in [4.78, 5) is 14.8. The first kappa shape index (κ1) is 17.7. The molecule has 0 aliphatic heterocycles. The molecular formula is C15H21N5O4. The minimum absolute atomic E-state index is 0.0243. The zero-order valence-corrected chi connectivity index (χ0v) is 13.5. The number of hydrogen-bond donors (Lipinski definition) is 3. The maximum atomic E-state index is 10.9. The van der Waals surface area contributed by atoms with Gasteiger partial charge in [0, 0.05) is 25.1 Å². The number of aliphatic hydroxyl groups excluding tert-OH is 1. The third-order valence-corrected chi connectivity index (χ3v) is 3.33. The van der Waals surface area contributed by atoms with Crippen LogP contribution in [0.3, 0.4) is 0 Å². The molecule has 1 heterocycles. The summed E-state index contributed by atoms with van der Waals surface area (Å²) >= 11 is 0. The lowest BCUT2D eigenvalue weighted by Gasteiger charge is -2.12. The van der Waals surface area contributed by atoms with E-state index in [1.54, 1.807) is 6.07 Å². The van der Waals surface area contributed by atoms with Gasteiger partial charge in [-0.3, -0.25) is 10.1 Å². The Bertz CT molecular complexity index is 674. The first-order valence-electron chi connectivity index (χ1n) is 7.82. The SMILES string of the molecule is CCCCc1nc(CNc2cc([N+](=O)[O-])ccc2NCCO)no1. The number of nitrogens with zero attached hydrogens (tertiary/aromatic N) is 3. The quantitative estimate of drug-likeness (QED) is 0.446. The molecule has 0 atom stereocenters. The van der Waals surface area contributed by atoms with Gasteiger partial charge in [-0.2, -0.15) is 4.98 Å². The van der Waals surface area contributed by atoms with Crippen LogP contribution in [-0.2, 0) is 13.0 Å². The van der Waals surface area contributed by atoms with E-state index in [0.29, 0.717) is 29.6 Å². The minimum atomic E-state index is -0.460. The van der Waals surface area contributed by atoms with Crippen molar-refractivity contribution in [2.45, 2.75) is 32.7 Å². The van der Waals surface area contributed by atoms with Gasteiger partial charge in [0.05, 0.1) is 29.4 Å². The smallest absolute Gasteiger partial charge is 0.271 e. The highest BCUT2D eigenvalue weighted by molar-refractivity contribution is 5.71. The van der Waals surface area contributed by atoms with Gasteiger partial charge < -0.3 is 20.3 Å². The van der Waals surface area contributed by atoms with Crippen LogP contribution >= 0.6 is 0 Å². The predicted octanol–water partition coefficient (Wildman–Crippen LogP) is 2.34. The number of aryl methyl sites for hydroxylation is 1. The summed E-state index contributed by atoms with van der Waals surface area (Å²) in [6, 6.07) is 4.43. The molecule has 0 unspecified atom stereocenters. The van der Waals surface area contributed by atoms with Crippen LogP contribution in [0.2, 0.25) is 0 Å². The number of hydrogen-bond acceptors (Lipinski definition) is 8. The van der Waals surface area contributed by atoms with Crippen LogP contribution in [0.4, 0.5) is 17.1 Å². The van der Waals surface area contributed by atoms with E-state index in [1.807, 2.05) is 0 Å². The van der Waals surface area contributed by atoms with Crippen molar-refractivity contribution in [3.63, 3.8) is 0 Å². The monoisotopic (exact) mass is 335 g/mol. The van der Waals surface area contributed by atoms with Gasteiger partial charge in [0.15, 0.2) is 5.82 Å². The maximum absolute atomic E-state index is 10.9. The molecule has 0 fully saturated rings. The Labute approximate surface area is 139 Å². The van der Waals surface area contributed by atoms with Gasteiger partial charge in [-0.05, 0) is 12.5 Å². The van der Waals surface area contributed by atoms with Gasteiger partial charge in [-0.25, -0.2) is 0 Å². The number of nitro groups is 1. The van der Waals surface area contributed by atoms with Gasteiger partial charge in [0.2, 0.25) is 5.89 Å². The largest absolute Gasteiger partial charge is 0.395 e. The zero-order chi connectivity index (χ0) is 17.4. The molecule has 2 rings (SSSR count). The van der Waals surface area contributed by atoms with Crippen molar-refractivity contribution < 1.29 is 14.6 Å². The van der Waals surface area contributed by atoms with Crippen molar-refractivity contribution >= 4 is 17.1 Å². The van der Waals surface area contributed by atoms with Crippen LogP contribution in [0.15, 0.2) is 22.7 Å². The van der Waals surface area contributed by atoms with Crippen LogP contribution in [0.1, 0.15) is 31.5 Å². The van der Waals surface area contributed by atoms with Crippen molar-refractivity contribution in [1.29, 1.82) is 0 Å². The third-order valence-electron chi connectivity index (χ3n) is 3.33. The minimum Gasteiger partial charge on any atom is -0.395 e. The second-order valence-electron chi connectivity index (χ2n) is 5.20. The van der Waals surface area contributed by atoms with E-state index in [1.165, 1.54) is 12.1 Å². The van der Waals surface area contributed by atoms with Crippen molar-refractivity contribution in [1.82, 2.24) is 10.1 Å². The highest BCUT2D eigenvalue weighted by Gasteiger charge is 2.12. The van der Waals surface area contributed by atoms with Gasteiger partial charge in [-0.15, -0.1) is 0 Å². The predicted molar refractivity (Wildman–Crippen MR) is 88.9 cm³/mol. The Morgan fingerprint density at radius 2 is 2.17 bits per heavy atom. The number of rotatable bonds is 10. The molecule has 0 saturated carbocycles. The molecule has 0 bridgehead atoms. The van der Waals surface area contributed by atoms with Crippen molar-refractivity contribution in [2.24, 2.45) is 0 Å². The summed E-state index contributed by atoms with van der Waals surface area (Å²) in [5, 5.41) is 29.8. The van der Waals surface area contributed by atoms with Gasteiger partial charge in [0.25, 0.3) is 5.69 Å². The number of anilines is 2. The number of nitro benzene ring substituents is 1. The highest BCUT2D eigenvalue weighted by atomic mass is 16.6.